The number of pyridine rings is 1. The van der Waals surface area contributed by atoms with Gasteiger partial charge in [-0.05, 0) is 37.7 Å². The molecule has 0 spiro atoms. The molecule has 6 nitrogen and oxygen atoms in total. The average molecular weight is 497 g/mol. The fourth-order valence-corrected chi connectivity index (χ4v) is 2.96. The lowest BCUT2D eigenvalue weighted by molar-refractivity contribution is 0.0778. The van der Waals surface area contributed by atoms with Gasteiger partial charge >= 0.3 is 0 Å². The van der Waals surface area contributed by atoms with Crippen LogP contribution in [0.15, 0.2) is 23.3 Å². The number of methoxy groups -OCH3 is 1. The standard InChI is InChI=1S/C18H29ClN4O2.HI/c1-3-20-17(23-14-18(7-4-8-18)9-11-24-2)21-10-12-25-16-6-5-15(19)13-22-16;/h5-6,13H,3-4,7-12,14H2,1-2H3,(H2,20,21,23);1H. The lowest BCUT2D eigenvalue weighted by atomic mass is 9.67. The van der Waals surface area contributed by atoms with Gasteiger partial charge in [-0.1, -0.05) is 18.0 Å². The number of guanidine groups is 1. The summed E-state index contributed by atoms with van der Waals surface area (Å²) in [5.74, 6) is 1.40. The number of rotatable bonds is 10. The van der Waals surface area contributed by atoms with E-state index in [9.17, 15) is 0 Å². The Hall–Kier alpha value is -0.800. The molecule has 1 aromatic heterocycles. The number of nitrogens with zero attached hydrogens (tertiary/aromatic N) is 2. The third kappa shape index (κ3) is 7.84. The van der Waals surface area contributed by atoms with Gasteiger partial charge in [-0.25, -0.2) is 4.98 Å². The zero-order valence-corrected chi connectivity index (χ0v) is 18.7. The number of nitrogens with one attached hydrogen (secondary N) is 2. The third-order valence-electron chi connectivity index (χ3n) is 4.51. The number of halogens is 2. The van der Waals surface area contributed by atoms with Crippen molar-refractivity contribution in [2.45, 2.75) is 32.6 Å². The summed E-state index contributed by atoms with van der Waals surface area (Å²) in [5.41, 5.74) is 0.322. The van der Waals surface area contributed by atoms with E-state index >= 15 is 0 Å². The smallest absolute Gasteiger partial charge is 0.213 e. The maximum atomic E-state index is 5.81. The molecule has 2 N–H and O–H groups in total. The van der Waals surface area contributed by atoms with Gasteiger partial charge in [0.25, 0.3) is 0 Å². The molecule has 8 heteroatoms. The minimum Gasteiger partial charge on any atom is -0.476 e. The maximum absolute atomic E-state index is 5.81. The SMILES string of the molecule is CCNC(=NCC1(CCOC)CCC1)NCCOc1ccc(Cl)cn1.I. The van der Waals surface area contributed by atoms with Gasteiger partial charge in [0, 0.05) is 39.1 Å². The molecular formula is C18H30ClIN4O2. The minimum absolute atomic E-state index is 0. The van der Waals surface area contributed by atoms with Gasteiger partial charge in [0.1, 0.15) is 6.61 Å². The summed E-state index contributed by atoms with van der Waals surface area (Å²) >= 11 is 5.81. The van der Waals surface area contributed by atoms with Gasteiger partial charge in [0.2, 0.25) is 5.88 Å². The fraction of sp³-hybridized carbons (Fsp3) is 0.667. The lowest BCUT2D eigenvalue weighted by Crippen LogP contribution is -2.41. The largest absolute Gasteiger partial charge is 0.476 e. The molecule has 0 saturated heterocycles. The van der Waals surface area contributed by atoms with Gasteiger partial charge in [-0.15, -0.1) is 24.0 Å². The van der Waals surface area contributed by atoms with E-state index in [1.807, 2.05) is 0 Å². The Bertz CT molecular complexity index is 538. The second kappa shape index (κ2) is 12.6. The first-order chi connectivity index (χ1) is 12.2. The Balaban J connectivity index is 0.00000338. The quantitative estimate of drug-likeness (QED) is 0.225. The molecule has 0 aromatic carbocycles. The highest BCUT2D eigenvalue weighted by Crippen LogP contribution is 2.44. The van der Waals surface area contributed by atoms with Crippen molar-refractivity contribution in [2.24, 2.45) is 10.4 Å². The first-order valence-corrected chi connectivity index (χ1v) is 9.31. The van der Waals surface area contributed by atoms with Crippen LogP contribution in [0.3, 0.4) is 0 Å². The van der Waals surface area contributed by atoms with Crippen LogP contribution in [0.25, 0.3) is 0 Å². The van der Waals surface area contributed by atoms with Gasteiger partial charge in [0.05, 0.1) is 11.6 Å². The van der Waals surface area contributed by atoms with Gasteiger partial charge in [0.15, 0.2) is 5.96 Å². The highest BCUT2D eigenvalue weighted by Gasteiger charge is 2.36. The van der Waals surface area contributed by atoms with Crippen molar-refractivity contribution in [2.75, 3.05) is 40.0 Å². The molecule has 0 aliphatic heterocycles. The van der Waals surface area contributed by atoms with Crippen LogP contribution in [0.2, 0.25) is 5.02 Å². The highest BCUT2D eigenvalue weighted by atomic mass is 127. The van der Waals surface area contributed by atoms with Crippen LogP contribution < -0.4 is 15.4 Å². The van der Waals surface area contributed by atoms with E-state index < -0.39 is 0 Å². The van der Waals surface area contributed by atoms with Crippen LogP contribution in [-0.2, 0) is 4.74 Å². The molecule has 0 atom stereocenters. The van der Waals surface area contributed by atoms with Crippen molar-refractivity contribution in [3.05, 3.63) is 23.4 Å². The van der Waals surface area contributed by atoms with Crippen molar-refractivity contribution in [3.8, 4) is 5.88 Å². The van der Waals surface area contributed by atoms with E-state index in [2.05, 4.69) is 22.5 Å². The number of ether oxygens (including phenoxy) is 2. The summed E-state index contributed by atoms with van der Waals surface area (Å²) in [6.07, 6.45) is 6.44. The first-order valence-electron chi connectivity index (χ1n) is 8.93. The summed E-state index contributed by atoms with van der Waals surface area (Å²) in [5, 5.41) is 7.19. The summed E-state index contributed by atoms with van der Waals surface area (Å²) < 4.78 is 10.8. The fourth-order valence-electron chi connectivity index (χ4n) is 2.84. The van der Waals surface area contributed by atoms with Crippen molar-refractivity contribution in [1.29, 1.82) is 0 Å². The highest BCUT2D eigenvalue weighted by molar-refractivity contribution is 14.0. The maximum Gasteiger partial charge on any atom is 0.213 e. The van der Waals surface area contributed by atoms with Crippen molar-refractivity contribution >= 4 is 41.5 Å². The van der Waals surface area contributed by atoms with E-state index in [-0.39, 0.29) is 24.0 Å². The van der Waals surface area contributed by atoms with E-state index in [0.717, 1.165) is 32.1 Å². The molecule has 2 rings (SSSR count). The van der Waals surface area contributed by atoms with Crippen molar-refractivity contribution in [3.63, 3.8) is 0 Å². The Morgan fingerprint density at radius 1 is 1.31 bits per heavy atom. The monoisotopic (exact) mass is 496 g/mol. The molecule has 1 heterocycles. The predicted molar refractivity (Wildman–Crippen MR) is 117 cm³/mol. The molecule has 0 radical (unpaired) electrons. The van der Waals surface area contributed by atoms with Crippen molar-refractivity contribution < 1.29 is 9.47 Å². The summed E-state index contributed by atoms with van der Waals surface area (Å²) in [6, 6.07) is 3.53. The zero-order chi connectivity index (χ0) is 18.0. The molecule has 0 bridgehead atoms. The van der Waals surface area contributed by atoms with Crippen molar-refractivity contribution in [1.82, 2.24) is 15.6 Å². The van der Waals surface area contributed by atoms with E-state index in [1.54, 1.807) is 25.4 Å². The summed E-state index contributed by atoms with van der Waals surface area (Å²) in [4.78, 5) is 8.87. The zero-order valence-electron chi connectivity index (χ0n) is 15.6. The van der Waals surface area contributed by atoms with Crippen LogP contribution in [0.4, 0.5) is 0 Å². The molecule has 26 heavy (non-hydrogen) atoms. The third-order valence-corrected chi connectivity index (χ3v) is 4.74. The van der Waals surface area contributed by atoms with Gasteiger partial charge < -0.3 is 20.1 Å². The molecule has 1 aromatic rings. The molecular weight excluding hydrogens is 467 g/mol. The Labute approximate surface area is 178 Å². The molecule has 1 fully saturated rings. The number of aliphatic imine (C=N–C) groups is 1. The minimum atomic E-state index is 0. The molecule has 148 valence electrons. The van der Waals surface area contributed by atoms with Gasteiger partial charge in [-0.3, -0.25) is 4.99 Å². The lowest BCUT2D eigenvalue weighted by Gasteiger charge is -2.40. The van der Waals surface area contributed by atoms with Crippen LogP contribution in [0, 0.1) is 5.41 Å². The second-order valence-corrected chi connectivity index (χ2v) is 6.82. The molecule has 1 saturated carbocycles. The average Bonchev–Trinajstić information content (AvgIpc) is 2.58. The second-order valence-electron chi connectivity index (χ2n) is 6.38. The predicted octanol–water partition coefficient (Wildman–Crippen LogP) is 3.49. The van der Waals surface area contributed by atoms with E-state index in [4.69, 9.17) is 26.1 Å². The normalized spacial score (nSPS) is 15.6. The first kappa shape index (κ1) is 23.2. The Morgan fingerprint density at radius 3 is 2.69 bits per heavy atom. The van der Waals surface area contributed by atoms with Gasteiger partial charge in [-0.2, -0.15) is 0 Å². The number of aromatic nitrogens is 1. The van der Waals surface area contributed by atoms with Crippen LogP contribution in [-0.4, -0.2) is 50.9 Å². The Kier molecular flexibility index (Phi) is 11.2. The molecule has 0 unspecified atom stereocenters. The van der Waals surface area contributed by atoms with E-state index in [1.165, 1.54) is 19.3 Å². The topological polar surface area (TPSA) is 67.8 Å². The Morgan fingerprint density at radius 2 is 2.12 bits per heavy atom. The molecule has 1 aliphatic rings. The van der Waals surface area contributed by atoms with Crippen LogP contribution >= 0.6 is 35.6 Å². The molecule has 1 aliphatic carbocycles. The molecule has 0 amide bonds. The number of hydrogen-bond donors (Lipinski definition) is 2. The van der Waals surface area contributed by atoms with Crippen LogP contribution in [0.5, 0.6) is 5.88 Å². The number of hydrogen-bond acceptors (Lipinski definition) is 4. The van der Waals surface area contributed by atoms with Crippen LogP contribution in [0.1, 0.15) is 32.6 Å². The van der Waals surface area contributed by atoms with E-state index in [0.29, 0.717) is 29.5 Å². The summed E-state index contributed by atoms with van der Waals surface area (Å²) in [7, 11) is 1.76. The summed E-state index contributed by atoms with van der Waals surface area (Å²) in [6.45, 7) is 5.70.